The molecule has 0 unspecified atom stereocenters. The molecule has 19 heavy (non-hydrogen) atoms. The smallest absolute Gasteiger partial charge is 0.207 e. The molecular formula is C11H13ClF2INO2S. The molecule has 0 aliphatic heterocycles. The Bertz CT molecular complexity index is 585. The van der Waals surface area contributed by atoms with Crippen LogP contribution >= 0.6 is 34.2 Å². The van der Waals surface area contributed by atoms with E-state index in [1.807, 2.05) is 0 Å². The SMILES string of the molecule is CC(C)(C)NS(=O)(=O)c1ccc(I)c(C(F)F)c1Cl. The molecule has 0 atom stereocenters. The van der Waals surface area contributed by atoms with Gasteiger partial charge in [0, 0.05) is 9.11 Å². The number of hydrogen-bond donors (Lipinski definition) is 1. The average Bonchev–Trinajstić information content (AvgIpc) is 2.11. The summed E-state index contributed by atoms with van der Waals surface area (Å²) in [6, 6.07) is 2.54. The van der Waals surface area contributed by atoms with Crippen LogP contribution in [0.4, 0.5) is 8.78 Å². The number of nitrogens with one attached hydrogen (secondary N) is 1. The third kappa shape index (κ3) is 4.24. The van der Waals surface area contributed by atoms with E-state index in [2.05, 4.69) is 4.72 Å². The van der Waals surface area contributed by atoms with Gasteiger partial charge >= 0.3 is 0 Å². The van der Waals surface area contributed by atoms with Crippen molar-refractivity contribution < 1.29 is 17.2 Å². The first kappa shape index (κ1) is 17.1. The summed E-state index contributed by atoms with van der Waals surface area (Å²) in [6.07, 6.45) is -2.83. The number of benzene rings is 1. The summed E-state index contributed by atoms with van der Waals surface area (Å²) in [6.45, 7) is 4.96. The van der Waals surface area contributed by atoms with Gasteiger partial charge in [0.25, 0.3) is 6.43 Å². The van der Waals surface area contributed by atoms with E-state index in [-0.39, 0.29) is 8.47 Å². The Morgan fingerprint density at radius 3 is 2.26 bits per heavy atom. The average molecular weight is 424 g/mol. The van der Waals surface area contributed by atoms with Crippen LogP contribution in [0.2, 0.25) is 5.02 Å². The molecule has 1 aromatic rings. The number of rotatable bonds is 3. The van der Waals surface area contributed by atoms with Crippen molar-refractivity contribution >= 4 is 44.2 Å². The number of halogens is 4. The van der Waals surface area contributed by atoms with Gasteiger partial charge < -0.3 is 0 Å². The van der Waals surface area contributed by atoms with Crippen LogP contribution in [-0.2, 0) is 10.0 Å². The van der Waals surface area contributed by atoms with Crippen molar-refractivity contribution in [2.24, 2.45) is 0 Å². The highest BCUT2D eigenvalue weighted by atomic mass is 127. The lowest BCUT2D eigenvalue weighted by atomic mass is 10.1. The van der Waals surface area contributed by atoms with E-state index in [9.17, 15) is 17.2 Å². The summed E-state index contributed by atoms with van der Waals surface area (Å²) >= 11 is 7.51. The predicted molar refractivity (Wildman–Crippen MR) is 79.2 cm³/mol. The molecule has 0 aliphatic rings. The maximum Gasteiger partial charge on any atom is 0.266 e. The Kier molecular flexibility index (Phi) is 5.20. The third-order valence-corrected chi connectivity index (χ3v) is 5.30. The molecule has 3 nitrogen and oxygen atoms in total. The Hall–Kier alpha value is 0.01000. The quantitative estimate of drug-likeness (QED) is 0.748. The molecule has 0 amide bonds. The van der Waals surface area contributed by atoms with Gasteiger partial charge in [-0.15, -0.1) is 0 Å². The molecule has 0 spiro atoms. The lowest BCUT2D eigenvalue weighted by molar-refractivity contribution is 0.150. The summed E-state index contributed by atoms with van der Waals surface area (Å²) in [7, 11) is -3.94. The standard InChI is InChI=1S/C11H13ClF2INO2S/c1-11(2,3)16-19(17,18)7-5-4-6(15)8(9(7)12)10(13)14/h4-5,10,16H,1-3H3. The van der Waals surface area contributed by atoms with Crippen molar-refractivity contribution in [3.63, 3.8) is 0 Å². The van der Waals surface area contributed by atoms with E-state index >= 15 is 0 Å². The zero-order valence-corrected chi connectivity index (χ0v) is 14.2. The minimum atomic E-state index is -3.94. The fourth-order valence-electron chi connectivity index (χ4n) is 1.42. The second-order valence-electron chi connectivity index (χ2n) is 4.93. The fourth-order valence-corrected chi connectivity index (χ4v) is 4.32. The highest BCUT2D eigenvalue weighted by Crippen LogP contribution is 2.35. The van der Waals surface area contributed by atoms with Crippen LogP contribution in [-0.4, -0.2) is 14.0 Å². The van der Waals surface area contributed by atoms with Crippen molar-refractivity contribution in [1.29, 1.82) is 0 Å². The molecule has 0 aromatic heterocycles. The number of alkyl halides is 2. The Balaban J connectivity index is 3.42. The number of hydrogen-bond acceptors (Lipinski definition) is 2. The molecule has 0 saturated heterocycles. The first-order valence-corrected chi connectivity index (χ1v) is 8.20. The second-order valence-corrected chi connectivity index (χ2v) is 8.12. The topological polar surface area (TPSA) is 46.2 Å². The molecule has 0 heterocycles. The van der Waals surface area contributed by atoms with E-state index in [1.54, 1.807) is 43.4 Å². The zero-order chi connectivity index (χ0) is 15.0. The highest BCUT2D eigenvalue weighted by molar-refractivity contribution is 14.1. The Labute approximate surface area is 129 Å². The van der Waals surface area contributed by atoms with E-state index in [4.69, 9.17) is 11.6 Å². The summed E-state index contributed by atoms with van der Waals surface area (Å²) in [5, 5.41) is -0.432. The summed E-state index contributed by atoms with van der Waals surface area (Å²) in [4.78, 5) is -0.334. The van der Waals surface area contributed by atoms with Gasteiger partial charge in [-0.3, -0.25) is 0 Å². The van der Waals surface area contributed by atoms with E-state index < -0.39 is 32.6 Å². The van der Waals surface area contributed by atoms with E-state index in [0.717, 1.165) is 0 Å². The Morgan fingerprint density at radius 1 is 1.32 bits per heavy atom. The van der Waals surface area contributed by atoms with Crippen molar-refractivity contribution in [2.75, 3.05) is 0 Å². The zero-order valence-electron chi connectivity index (χ0n) is 10.5. The van der Waals surface area contributed by atoms with Crippen LogP contribution in [0.25, 0.3) is 0 Å². The first-order chi connectivity index (χ1) is 8.46. The van der Waals surface area contributed by atoms with Crippen LogP contribution in [0.5, 0.6) is 0 Å². The van der Waals surface area contributed by atoms with Crippen molar-refractivity contribution in [3.8, 4) is 0 Å². The molecule has 8 heteroatoms. The van der Waals surface area contributed by atoms with Crippen molar-refractivity contribution in [2.45, 2.75) is 37.6 Å². The van der Waals surface area contributed by atoms with Gasteiger partial charge in [0.15, 0.2) is 0 Å². The lowest BCUT2D eigenvalue weighted by Gasteiger charge is -2.21. The summed E-state index contributed by atoms with van der Waals surface area (Å²) < 4.78 is 52.6. The first-order valence-electron chi connectivity index (χ1n) is 5.26. The van der Waals surface area contributed by atoms with Crippen LogP contribution < -0.4 is 4.72 Å². The van der Waals surface area contributed by atoms with Gasteiger partial charge in [0.1, 0.15) is 4.90 Å². The normalized spacial score (nSPS) is 13.1. The molecule has 1 aromatic carbocycles. The summed E-state index contributed by atoms with van der Waals surface area (Å²) in [5.41, 5.74) is -1.19. The summed E-state index contributed by atoms with van der Waals surface area (Å²) in [5.74, 6) is 0. The van der Waals surface area contributed by atoms with Crippen LogP contribution in [0.3, 0.4) is 0 Å². The molecule has 0 fully saturated rings. The molecule has 0 saturated carbocycles. The van der Waals surface area contributed by atoms with Gasteiger partial charge in [0.05, 0.1) is 10.6 Å². The largest absolute Gasteiger partial charge is 0.266 e. The molecule has 1 N–H and O–H groups in total. The predicted octanol–water partition coefficient (Wildman–Crippen LogP) is 3.96. The van der Waals surface area contributed by atoms with Gasteiger partial charge in [-0.2, -0.15) is 0 Å². The Morgan fingerprint density at radius 2 is 1.84 bits per heavy atom. The highest BCUT2D eigenvalue weighted by Gasteiger charge is 2.28. The minimum absolute atomic E-state index is 0.229. The molecule has 0 bridgehead atoms. The van der Waals surface area contributed by atoms with Gasteiger partial charge in [-0.25, -0.2) is 21.9 Å². The lowest BCUT2D eigenvalue weighted by Crippen LogP contribution is -2.40. The van der Waals surface area contributed by atoms with Gasteiger partial charge in [-0.1, -0.05) is 11.6 Å². The molecule has 0 radical (unpaired) electrons. The van der Waals surface area contributed by atoms with E-state index in [1.165, 1.54) is 12.1 Å². The third-order valence-electron chi connectivity index (χ3n) is 2.04. The monoisotopic (exact) mass is 423 g/mol. The van der Waals surface area contributed by atoms with Gasteiger partial charge in [-0.05, 0) is 55.5 Å². The van der Waals surface area contributed by atoms with Crippen molar-refractivity contribution in [1.82, 2.24) is 4.72 Å². The van der Waals surface area contributed by atoms with Crippen LogP contribution in [0.1, 0.15) is 32.8 Å². The minimum Gasteiger partial charge on any atom is -0.207 e. The molecule has 0 aliphatic carbocycles. The molecular weight excluding hydrogens is 411 g/mol. The maximum absolute atomic E-state index is 12.9. The van der Waals surface area contributed by atoms with Gasteiger partial charge in [0.2, 0.25) is 10.0 Å². The maximum atomic E-state index is 12.9. The molecule has 108 valence electrons. The van der Waals surface area contributed by atoms with Crippen molar-refractivity contribution in [3.05, 3.63) is 26.3 Å². The van der Waals surface area contributed by atoms with Crippen LogP contribution in [0.15, 0.2) is 17.0 Å². The molecule has 1 rings (SSSR count). The van der Waals surface area contributed by atoms with E-state index in [0.29, 0.717) is 0 Å². The van der Waals surface area contributed by atoms with Crippen LogP contribution in [0, 0.1) is 3.57 Å². The fraction of sp³-hybridized carbons (Fsp3) is 0.455. The number of sulfonamides is 1. The second kappa shape index (κ2) is 5.79.